The summed E-state index contributed by atoms with van der Waals surface area (Å²) in [5.41, 5.74) is 5.95. The van der Waals surface area contributed by atoms with Crippen LogP contribution in [0.4, 0.5) is 0 Å². The van der Waals surface area contributed by atoms with Gasteiger partial charge in [-0.2, -0.15) is 0 Å². The topological polar surface area (TPSA) is 52.8 Å². The second kappa shape index (κ2) is 8.60. The Bertz CT molecular complexity index is 292. The second-order valence-electron chi connectivity index (χ2n) is 5.96. The number of hydrogen-bond donors (Lipinski definition) is 1. The van der Waals surface area contributed by atoms with Crippen molar-refractivity contribution in [2.45, 2.75) is 45.2 Å². The quantitative estimate of drug-likeness (QED) is 0.709. The van der Waals surface area contributed by atoms with Crippen LogP contribution in [0.3, 0.4) is 0 Å². The van der Waals surface area contributed by atoms with Crippen LogP contribution in [0.5, 0.6) is 0 Å². The molecule has 2 unspecified atom stereocenters. The molecule has 0 aliphatic carbocycles. The normalized spacial score (nSPS) is 21.4. The fourth-order valence-electron chi connectivity index (χ4n) is 3.20. The van der Waals surface area contributed by atoms with Crippen LogP contribution < -0.4 is 5.73 Å². The van der Waals surface area contributed by atoms with Gasteiger partial charge in [0.1, 0.15) is 0 Å². The molecule has 1 aliphatic rings. The van der Waals surface area contributed by atoms with Gasteiger partial charge in [0.25, 0.3) is 0 Å². The zero-order valence-electron chi connectivity index (χ0n) is 13.6. The lowest BCUT2D eigenvalue weighted by molar-refractivity contribution is -0.132. The van der Waals surface area contributed by atoms with E-state index in [1.165, 1.54) is 12.8 Å². The van der Waals surface area contributed by atoms with Gasteiger partial charge >= 0.3 is 0 Å². The highest BCUT2D eigenvalue weighted by molar-refractivity contribution is 5.76. The Morgan fingerprint density at radius 3 is 2.50 bits per heavy atom. The molecular weight excluding hydrogens is 252 g/mol. The lowest BCUT2D eigenvalue weighted by atomic mass is 10.1. The maximum Gasteiger partial charge on any atom is 0.224 e. The fourth-order valence-corrected chi connectivity index (χ4v) is 3.20. The average molecular weight is 284 g/mol. The smallest absolute Gasteiger partial charge is 0.224 e. The molecule has 5 nitrogen and oxygen atoms in total. The maximum absolute atomic E-state index is 12.3. The summed E-state index contributed by atoms with van der Waals surface area (Å²) < 4.78 is 0. The van der Waals surface area contributed by atoms with Crippen LogP contribution in [0.15, 0.2) is 0 Å². The van der Waals surface area contributed by atoms with Gasteiger partial charge in [0, 0.05) is 44.7 Å². The first-order valence-corrected chi connectivity index (χ1v) is 7.91. The van der Waals surface area contributed by atoms with Crippen LogP contribution >= 0.6 is 0 Å². The highest BCUT2D eigenvalue weighted by atomic mass is 16.2. The van der Waals surface area contributed by atoms with E-state index >= 15 is 0 Å². The number of likely N-dealkylation sites (N-methyl/N-ethyl adjacent to an activating group) is 1. The van der Waals surface area contributed by atoms with E-state index < -0.39 is 0 Å². The summed E-state index contributed by atoms with van der Waals surface area (Å²) in [6.45, 7) is 8.33. The van der Waals surface area contributed by atoms with E-state index in [1.807, 2.05) is 18.7 Å². The Kier molecular flexibility index (Phi) is 7.48. The van der Waals surface area contributed by atoms with Crippen LogP contribution in [-0.4, -0.2) is 79.5 Å². The lowest BCUT2D eigenvalue weighted by Gasteiger charge is -2.34. The molecule has 1 amide bonds. The van der Waals surface area contributed by atoms with E-state index in [9.17, 15) is 4.79 Å². The molecule has 0 aromatic carbocycles. The Hall–Kier alpha value is -0.650. The van der Waals surface area contributed by atoms with Gasteiger partial charge in [-0.1, -0.05) is 0 Å². The molecule has 1 aliphatic heterocycles. The molecule has 0 aromatic rings. The molecule has 0 spiro atoms. The van der Waals surface area contributed by atoms with Crippen molar-refractivity contribution in [3.63, 3.8) is 0 Å². The molecule has 1 saturated heterocycles. The van der Waals surface area contributed by atoms with E-state index in [1.54, 1.807) is 0 Å². The Balaban J connectivity index is 2.62. The van der Waals surface area contributed by atoms with Crippen LogP contribution in [0.25, 0.3) is 0 Å². The van der Waals surface area contributed by atoms with Crippen molar-refractivity contribution in [1.29, 1.82) is 0 Å². The average Bonchev–Trinajstić information content (AvgIpc) is 2.84. The molecule has 0 saturated carbocycles. The van der Waals surface area contributed by atoms with Gasteiger partial charge in [0.2, 0.25) is 5.91 Å². The van der Waals surface area contributed by atoms with Crippen LogP contribution in [0, 0.1) is 0 Å². The molecule has 0 aromatic heterocycles. The molecule has 5 heteroatoms. The third kappa shape index (κ3) is 4.72. The molecular formula is C15H32N4O. The molecule has 1 heterocycles. The Morgan fingerprint density at radius 2 is 2.00 bits per heavy atom. The Labute approximate surface area is 124 Å². The van der Waals surface area contributed by atoms with Crippen molar-refractivity contribution in [2.24, 2.45) is 5.73 Å². The number of likely N-dealkylation sites (tertiary alicyclic amines) is 1. The summed E-state index contributed by atoms with van der Waals surface area (Å²) in [6, 6.07) is 0.735. The number of hydrogen-bond acceptors (Lipinski definition) is 4. The molecule has 2 N–H and O–H groups in total. The number of nitrogens with two attached hydrogens (primary N) is 1. The number of amides is 1. The largest absolute Gasteiger partial charge is 0.343 e. The predicted octanol–water partition coefficient (Wildman–Crippen LogP) is 0.598. The second-order valence-corrected chi connectivity index (χ2v) is 5.96. The minimum Gasteiger partial charge on any atom is -0.343 e. The van der Waals surface area contributed by atoms with E-state index in [0.29, 0.717) is 19.0 Å². The van der Waals surface area contributed by atoms with E-state index in [0.717, 1.165) is 26.2 Å². The third-order valence-electron chi connectivity index (χ3n) is 4.27. The van der Waals surface area contributed by atoms with E-state index in [-0.39, 0.29) is 11.9 Å². The monoisotopic (exact) mass is 284 g/mol. The first kappa shape index (κ1) is 17.4. The standard InChI is InChI=1S/C15H32N4O/c1-5-18(6-2)15(20)10-14(11-16)19-9-7-8-13(19)12-17(3)4/h13-14H,5-12,16H2,1-4H3. The van der Waals surface area contributed by atoms with Crippen LogP contribution in [0.2, 0.25) is 0 Å². The molecule has 0 bridgehead atoms. The van der Waals surface area contributed by atoms with Crippen molar-refractivity contribution in [2.75, 3.05) is 46.8 Å². The van der Waals surface area contributed by atoms with Gasteiger partial charge in [-0.15, -0.1) is 0 Å². The first-order valence-electron chi connectivity index (χ1n) is 7.91. The fraction of sp³-hybridized carbons (Fsp3) is 0.933. The van der Waals surface area contributed by atoms with Gasteiger partial charge in [-0.05, 0) is 47.3 Å². The number of carbonyl (C=O) groups excluding carboxylic acids is 1. The zero-order chi connectivity index (χ0) is 15.1. The van der Waals surface area contributed by atoms with E-state index in [2.05, 4.69) is 23.9 Å². The van der Waals surface area contributed by atoms with Gasteiger partial charge in [0.05, 0.1) is 0 Å². The molecule has 20 heavy (non-hydrogen) atoms. The van der Waals surface area contributed by atoms with Gasteiger partial charge in [-0.3, -0.25) is 9.69 Å². The Morgan fingerprint density at radius 1 is 1.35 bits per heavy atom. The number of nitrogens with zero attached hydrogens (tertiary/aromatic N) is 3. The van der Waals surface area contributed by atoms with Crippen molar-refractivity contribution in [1.82, 2.24) is 14.7 Å². The van der Waals surface area contributed by atoms with E-state index in [4.69, 9.17) is 5.73 Å². The van der Waals surface area contributed by atoms with Gasteiger partial charge < -0.3 is 15.5 Å². The highest BCUT2D eigenvalue weighted by Crippen LogP contribution is 2.22. The summed E-state index contributed by atoms with van der Waals surface area (Å²) in [5.74, 6) is 0.237. The number of rotatable bonds is 8. The molecule has 1 rings (SSSR count). The van der Waals surface area contributed by atoms with Crippen LogP contribution in [-0.2, 0) is 4.79 Å². The minimum absolute atomic E-state index is 0.190. The summed E-state index contributed by atoms with van der Waals surface area (Å²) in [7, 11) is 4.21. The zero-order valence-corrected chi connectivity index (χ0v) is 13.6. The SMILES string of the molecule is CCN(CC)C(=O)CC(CN)N1CCCC1CN(C)C. The molecule has 2 atom stereocenters. The van der Waals surface area contributed by atoms with Crippen molar-refractivity contribution in [3.05, 3.63) is 0 Å². The third-order valence-corrected chi connectivity index (χ3v) is 4.27. The lowest BCUT2D eigenvalue weighted by Crippen LogP contribution is -2.49. The van der Waals surface area contributed by atoms with Gasteiger partial charge in [0.15, 0.2) is 0 Å². The highest BCUT2D eigenvalue weighted by Gasteiger charge is 2.31. The van der Waals surface area contributed by atoms with Gasteiger partial charge in [-0.25, -0.2) is 0 Å². The van der Waals surface area contributed by atoms with Crippen molar-refractivity contribution < 1.29 is 4.79 Å². The molecule has 1 fully saturated rings. The van der Waals surface area contributed by atoms with Crippen LogP contribution in [0.1, 0.15) is 33.1 Å². The molecule has 118 valence electrons. The summed E-state index contributed by atoms with van der Waals surface area (Å²) in [5, 5.41) is 0. The molecule has 0 radical (unpaired) electrons. The summed E-state index contributed by atoms with van der Waals surface area (Å²) >= 11 is 0. The van der Waals surface area contributed by atoms with Crippen molar-refractivity contribution in [3.8, 4) is 0 Å². The maximum atomic E-state index is 12.3. The first-order chi connectivity index (χ1) is 9.53. The van der Waals surface area contributed by atoms with Crippen molar-refractivity contribution >= 4 is 5.91 Å². The number of carbonyl (C=O) groups is 1. The summed E-state index contributed by atoms with van der Waals surface area (Å²) in [6.07, 6.45) is 2.99. The predicted molar refractivity (Wildman–Crippen MR) is 83.7 cm³/mol. The summed E-state index contributed by atoms with van der Waals surface area (Å²) in [4.78, 5) is 18.9. The minimum atomic E-state index is 0.190.